The average Bonchev–Trinajstić information content (AvgIpc) is 3.48. The maximum absolute atomic E-state index is 13.8. The molecule has 7 aliphatic rings. The van der Waals surface area contributed by atoms with Gasteiger partial charge in [-0.15, -0.1) is 0 Å². The zero-order valence-electron chi connectivity index (χ0n) is 21.4. The van der Waals surface area contributed by atoms with Crippen LogP contribution in [0.2, 0.25) is 0 Å². The number of halogens is 3. The van der Waals surface area contributed by atoms with Crippen molar-refractivity contribution in [2.24, 2.45) is 34.5 Å². The number of nitrogens with one attached hydrogen (secondary N) is 3. The molecule has 3 N–H and O–H groups in total. The van der Waals surface area contributed by atoms with E-state index < -0.39 is 47.4 Å². The number of hydrogen-bond donors (Lipinski definition) is 3. The highest BCUT2D eigenvalue weighted by Crippen LogP contribution is 2.68. The van der Waals surface area contributed by atoms with E-state index in [2.05, 4.69) is 16.7 Å². The number of alkyl halides is 3. The molecule has 9 nitrogen and oxygen atoms in total. The topological polar surface area (TPSA) is 131 Å². The Kier molecular flexibility index (Phi) is 5.26. The van der Waals surface area contributed by atoms with Gasteiger partial charge in [-0.1, -0.05) is 13.8 Å². The summed E-state index contributed by atoms with van der Waals surface area (Å²) in [6.07, 6.45) is -0.809. The third-order valence-electron chi connectivity index (χ3n) is 10.5. The van der Waals surface area contributed by atoms with Crippen LogP contribution < -0.4 is 16.0 Å². The van der Waals surface area contributed by atoms with Crippen LogP contribution in [0.4, 0.5) is 13.2 Å². The van der Waals surface area contributed by atoms with Gasteiger partial charge >= 0.3 is 12.1 Å². The van der Waals surface area contributed by atoms with Gasteiger partial charge in [-0.25, -0.2) is 0 Å². The van der Waals surface area contributed by atoms with Crippen LogP contribution in [-0.2, 0) is 19.2 Å². The van der Waals surface area contributed by atoms with Gasteiger partial charge in [0.25, 0.3) is 0 Å². The number of hydrogen-bond acceptors (Lipinski definition) is 5. The van der Waals surface area contributed by atoms with Gasteiger partial charge in [0.15, 0.2) is 0 Å². The maximum atomic E-state index is 13.8. The van der Waals surface area contributed by atoms with Gasteiger partial charge in [0.2, 0.25) is 17.7 Å². The first kappa shape index (κ1) is 25.4. The molecule has 12 heteroatoms. The number of amides is 4. The van der Waals surface area contributed by atoms with E-state index in [1.807, 2.05) is 19.2 Å². The van der Waals surface area contributed by atoms with Crippen LogP contribution in [0.25, 0.3) is 0 Å². The normalized spacial score (nSPS) is 38.1. The Morgan fingerprint density at radius 2 is 1.82 bits per heavy atom. The molecule has 0 aromatic rings. The van der Waals surface area contributed by atoms with Crippen LogP contribution in [0.5, 0.6) is 0 Å². The molecule has 2 aliphatic heterocycles. The average molecular weight is 536 g/mol. The fourth-order valence-corrected chi connectivity index (χ4v) is 7.90. The summed E-state index contributed by atoms with van der Waals surface area (Å²) in [5.74, 6) is -3.73. The smallest absolute Gasteiger partial charge is 0.350 e. The summed E-state index contributed by atoms with van der Waals surface area (Å²) in [5, 5.41) is 17.4. The summed E-state index contributed by atoms with van der Waals surface area (Å²) < 4.78 is 39.4. The van der Waals surface area contributed by atoms with E-state index in [1.54, 1.807) is 0 Å². The Bertz CT molecular complexity index is 1140. The van der Waals surface area contributed by atoms with Crippen LogP contribution in [0.1, 0.15) is 58.8 Å². The quantitative estimate of drug-likeness (QED) is 0.453. The van der Waals surface area contributed by atoms with Crippen molar-refractivity contribution in [1.82, 2.24) is 20.9 Å². The molecule has 1 spiro atoms. The number of rotatable bonds is 7. The minimum Gasteiger partial charge on any atom is -0.350 e. The van der Waals surface area contributed by atoms with Gasteiger partial charge in [-0.3, -0.25) is 19.2 Å². The molecular formula is C26H32F3N5O4. The van der Waals surface area contributed by atoms with Crippen molar-refractivity contribution in [1.29, 1.82) is 5.26 Å². The molecular weight excluding hydrogens is 503 g/mol. The van der Waals surface area contributed by atoms with Crippen molar-refractivity contribution >= 4 is 23.6 Å². The summed E-state index contributed by atoms with van der Waals surface area (Å²) in [4.78, 5) is 52.9. The van der Waals surface area contributed by atoms with Crippen LogP contribution in [-0.4, -0.2) is 64.9 Å². The molecule has 0 radical (unpaired) electrons. The maximum Gasteiger partial charge on any atom is 0.471 e. The second-order valence-electron chi connectivity index (χ2n) is 13.2. The summed E-state index contributed by atoms with van der Waals surface area (Å²) in [7, 11) is 0. The van der Waals surface area contributed by atoms with Gasteiger partial charge in [0.1, 0.15) is 18.1 Å². The molecule has 0 aromatic heterocycles. The first-order valence-corrected chi connectivity index (χ1v) is 13.4. The van der Waals surface area contributed by atoms with Crippen molar-refractivity contribution in [2.75, 3.05) is 6.54 Å². The Labute approximate surface area is 218 Å². The zero-order chi connectivity index (χ0) is 27.4. The largest absolute Gasteiger partial charge is 0.471 e. The van der Waals surface area contributed by atoms with Gasteiger partial charge in [0.05, 0.1) is 6.07 Å². The van der Waals surface area contributed by atoms with E-state index in [1.165, 1.54) is 4.90 Å². The number of piperidine rings is 1. The standard InChI is InChI=1S/C26H32F3N5O4/c1-23(2)15-11-34(21(37)18(24-6-12(7-24)8-24)32-22(38)26(27,28)29)17(16(15)23)20(36)31-14(10-30)5-13-9-25(3-4-25)33-19(13)35/h12-18H,3-9,11H2,1-2H3,(H,31,36)(H,32,38)(H,33,35)/t12?,13-,14+,15+,16+,17+,18-,24?/m1/s1. The fraction of sp³-hybridized carbons (Fsp3) is 0.808. The van der Waals surface area contributed by atoms with Crippen LogP contribution in [0, 0.1) is 45.8 Å². The highest BCUT2D eigenvalue weighted by Gasteiger charge is 2.71. The number of fused-ring (bicyclic) bond motifs is 1. The highest BCUT2D eigenvalue weighted by molar-refractivity contribution is 5.95. The van der Waals surface area contributed by atoms with Crippen molar-refractivity contribution in [2.45, 2.75) is 88.6 Å². The second kappa shape index (κ2) is 7.85. The number of nitrogens with zero attached hydrogens (tertiary/aromatic N) is 2. The van der Waals surface area contributed by atoms with Crippen LogP contribution in [0.3, 0.4) is 0 Å². The Hall–Kier alpha value is -2.84. The molecule has 0 unspecified atom stereocenters. The van der Waals surface area contributed by atoms with Gasteiger partial charge < -0.3 is 20.9 Å². The number of carbonyl (C=O) groups is 4. The van der Waals surface area contributed by atoms with E-state index >= 15 is 0 Å². The first-order chi connectivity index (χ1) is 17.7. The molecule has 2 saturated heterocycles. The molecule has 5 saturated carbocycles. The van der Waals surface area contributed by atoms with Crippen molar-refractivity contribution in [3.05, 3.63) is 0 Å². The monoisotopic (exact) mass is 535 g/mol. The van der Waals surface area contributed by atoms with Crippen molar-refractivity contribution in [3.8, 4) is 6.07 Å². The number of likely N-dealkylation sites (tertiary alicyclic amines) is 1. The number of carbonyl (C=O) groups excluding carboxylic acids is 4. The van der Waals surface area contributed by atoms with Crippen LogP contribution >= 0.6 is 0 Å². The summed E-state index contributed by atoms with van der Waals surface area (Å²) >= 11 is 0. The molecule has 38 heavy (non-hydrogen) atoms. The summed E-state index contributed by atoms with van der Waals surface area (Å²) in [6.45, 7) is 4.17. The lowest BCUT2D eigenvalue weighted by Gasteiger charge is -2.65. The fourth-order valence-electron chi connectivity index (χ4n) is 7.90. The molecule has 2 heterocycles. The zero-order valence-corrected chi connectivity index (χ0v) is 21.4. The second-order valence-corrected chi connectivity index (χ2v) is 13.2. The van der Waals surface area contributed by atoms with E-state index in [4.69, 9.17) is 0 Å². The number of nitriles is 1. The first-order valence-electron chi connectivity index (χ1n) is 13.4. The van der Waals surface area contributed by atoms with Gasteiger partial charge in [0, 0.05) is 23.4 Å². The highest BCUT2D eigenvalue weighted by atomic mass is 19.4. The molecule has 2 bridgehead atoms. The lowest BCUT2D eigenvalue weighted by molar-refractivity contribution is -0.187. The Morgan fingerprint density at radius 1 is 1.16 bits per heavy atom. The Balaban J connectivity index is 1.19. The SMILES string of the molecule is CC1(C)[C@@H]2[C@@H](C(=O)N[C@H](C#N)C[C@@H]3CC4(CC4)NC3=O)N(C(=O)[C@@H](NC(=O)C(F)(F)F)C34CC(C3)C4)C[C@@H]21. The third-order valence-corrected chi connectivity index (χ3v) is 10.5. The van der Waals surface area contributed by atoms with Gasteiger partial charge in [-0.2, -0.15) is 18.4 Å². The molecule has 206 valence electrons. The molecule has 0 aromatic carbocycles. The van der Waals surface area contributed by atoms with Gasteiger partial charge in [-0.05, 0) is 68.1 Å². The third kappa shape index (κ3) is 3.79. The molecule has 7 rings (SSSR count). The summed E-state index contributed by atoms with van der Waals surface area (Å²) in [6, 6.07) is -1.18. The van der Waals surface area contributed by atoms with E-state index in [0.717, 1.165) is 12.8 Å². The van der Waals surface area contributed by atoms with Crippen molar-refractivity contribution < 1.29 is 32.3 Å². The van der Waals surface area contributed by atoms with E-state index in [9.17, 15) is 37.6 Å². The predicted molar refractivity (Wildman–Crippen MR) is 124 cm³/mol. The molecule has 6 atom stereocenters. The predicted octanol–water partition coefficient (Wildman–Crippen LogP) is 1.38. The van der Waals surface area contributed by atoms with E-state index in [0.29, 0.717) is 31.6 Å². The molecule has 5 aliphatic carbocycles. The lowest BCUT2D eigenvalue weighted by atomic mass is 9.41. The Morgan fingerprint density at radius 3 is 2.32 bits per heavy atom. The molecule has 7 fully saturated rings. The van der Waals surface area contributed by atoms with Crippen LogP contribution in [0.15, 0.2) is 0 Å². The van der Waals surface area contributed by atoms with E-state index in [-0.39, 0.29) is 47.6 Å². The molecule has 4 amide bonds. The van der Waals surface area contributed by atoms with Crippen molar-refractivity contribution in [3.63, 3.8) is 0 Å². The summed E-state index contributed by atoms with van der Waals surface area (Å²) in [5.41, 5.74) is -1.11. The lowest BCUT2D eigenvalue weighted by Crippen LogP contribution is -2.70. The minimum atomic E-state index is -5.13. The minimum absolute atomic E-state index is 0.00920.